The summed E-state index contributed by atoms with van der Waals surface area (Å²) < 4.78 is 10.4. The first-order chi connectivity index (χ1) is 15.0. The Hall–Kier alpha value is -3.00. The second kappa shape index (κ2) is 22.7. The number of hydrogen-bond donors (Lipinski definition) is 1. The van der Waals surface area contributed by atoms with Crippen LogP contribution in [-0.2, 0) is 14.3 Å². The van der Waals surface area contributed by atoms with Crippen LogP contribution in [0.2, 0.25) is 0 Å². The van der Waals surface area contributed by atoms with Crippen molar-refractivity contribution in [2.24, 2.45) is 0 Å². The predicted molar refractivity (Wildman–Crippen MR) is 138 cm³/mol. The Morgan fingerprint density at radius 3 is 2.06 bits per heavy atom. The van der Waals surface area contributed by atoms with E-state index in [1.807, 2.05) is 39.8 Å². The Kier molecular flexibility index (Phi) is 23.8. The highest BCUT2D eigenvalue weighted by molar-refractivity contribution is 6.30. The van der Waals surface area contributed by atoms with Crippen molar-refractivity contribution in [3.8, 4) is 12.3 Å². The molecule has 5 heteroatoms. The lowest BCUT2D eigenvalue weighted by atomic mass is 10.1. The van der Waals surface area contributed by atoms with Gasteiger partial charge < -0.3 is 14.6 Å². The molecule has 0 aromatic carbocycles. The minimum Gasteiger partial charge on any atom is -0.489 e. The molecule has 0 spiro atoms. The number of carbonyl (C=O) groups is 1. The van der Waals surface area contributed by atoms with Crippen LogP contribution in [0.25, 0.3) is 0 Å². The van der Waals surface area contributed by atoms with E-state index in [-0.39, 0.29) is 24.4 Å². The molecular formula is C27H37ClO4. The van der Waals surface area contributed by atoms with Crippen LogP contribution in [0.1, 0.15) is 34.1 Å². The van der Waals surface area contributed by atoms with Gasteiger partial charge in [0.1, 0.15) is 12.4 Å². The molecule has 0 bridgehead atoms. The van der Waals surface area contributed by atoms with Crippen molar-refractivity contribution in [2.45, 2.75) is 34.1 Å². The zero-order valence-corrected chi connectivity index (χ0v) is 20.6. The number of carboxylic acid groups (broad SMARTS) is 1. The zero-order valence-electron chi connectivity index (χ0n) is 19.9. The topological polar surface area (TPSA) is 55.8 Å². The van der Waals surface area contributed by atoms with Crippen LogP contribution in [0, 0.1) is 12.3 Å². The Bertz CT molecular complexity index is 774. The Labute approximate surface area is 199 Å². The fourth-order valence-electron chi connectivity index (χ4n) is 1.50. The molecule has 0 unspecified atom stereocenters. The third kappa shape index (κ3) is 23.3. The molecule has 0 aromatic rings. The SMILES string of the molecule is C#CC/C=C(\C(=C)OC/C(C)=C(C)/C=C\C=C)C(=O)O.C=C(C)COCC.C=CC(=C)Cl. The first-order valence-electron chi connectivity index (χ1n) is 9.81. The van der Waals surface area contributed by atoms with Crippen molar-refractivity contribution in [3.05, 3.63) is 96.4 Å². The first kappa shape index (κ1) is 33.6. The van der Waals surface area contributed by atoms with Gasteiger partial charge in [-0.15, -0.1) is 12.3 Å². The van der Waals surface area contributed by atoms with Gasteiger partial charge >= 0.3 is 5.97 Å². The van der Waals surface area contributed by atoms with E-state index < -0.39 is 5.97 Å². The molecule has 0 radical (unpaired) electrons. The van der Waals surface area contributed by atoms with Gasteiger partial charge in [0.2, 0.25) is 0 Å². The van der Waals surface area contributed by atoms with Gasteiger partial charge in [-0.1, -0.05) is 80.4 Å². The number of rotatable bonds is 12. The number of ether oxygens (including phenoxy) is 2. The Morgan fingerprint density at radius 1 is 1.16 bits per heavy atom. The van der Waals surface area contributed by atoms with E-state index in [0.717, 1.165) is 23.3 Å². The highest BCUT2D eigenvalue weighted by atomic mass is 35.5. The largest absolute Gasteiger partial charge is 0.489 e. The molecule has 0 atom stereocenters. The van der Waals surface area contributed by atoms with Crippen molar-refractivity contribution in [3.63, 3.8) is 0 Å². The summed E-state index contributed by atoms with van der Waals surface area (Å²) in [7, 11) is 0. The first-order valence-corrected chi connectivity index (χ1v) is 10.2. The highest BCUT2D eigenvalue weighted by Gasteiger charge is 2.12. The minimum atomic E-state index is -1.10. The summed E-state index contributed by atoms with van der Waals surface area (Å²) >= 11 is 5.15. The molecule has 0 rings (SSSR count). The molecule has 0 aliphatic heterocycles. The van der Waals surface area contributed by atoms with E-state index in [1.165, 1.54) is 12.2 Å². The van der Waals surface area contributed by atoms with Gasteiger partial charge in [-0.05, 0) is 38.8 Å². The van der Waals surface area contributed by atoms with Crippen LogP contribution in [0.4, 0.5) is 0 Å². The summed E-state index contributed by atoms with van der Waals surface area (Å²) in [5, 5.41) is 9.54. The molecule has 0 saturated heterocycles. The molecule has 0 fully saturated rings. The van der Waals surface area contributed by atoms with Gasteiger partial charge in [0.25, 0.3) is 0 Å². The number of carboxylic acids is 1. The predicted octanol–water partition coefficient (Wildman–Crippen LogP) is 7.15. The van der Waals surface area contributed by atoms with E-state index in [4.69, 9.17) is 32.6 Å². The van der Waals surface area contributed by atoms with Gasteiger partial charge in [-0.25, -0.2) is 4.79 Å². The van der Waals surface area contributed by atoms with Gasteiger partial charge in [0.05, 0.1) is 12.2 Å². The normalized spacial score (nSPS) is 10.8. The van der Waals surface area contributed by atoms with Gasteiger partial charge in [0.15, 0.2) is 0 Å². The third-order valence-electron chi connectivity index (χ3n) is 3.35. The van der Waals surface area contributed by atoms with E-state index in [0.29, 0.717) is 11.6 Å². The molecule has 32 heavy (non-hydrogen) atoms. The Balaban J connectivity index is -0.000000572. The number of aliphatic carboxylic acids is 1. The Morgan fingerprint density at radius 2 is 1.72 bits per heavy atom. The molecule has 0 saturated carbocycles. The van der Waals surface area contributed by atoms with Gasteiger partial charge in [0, 0.05) is 18.1 Å². The fraction of sp³-hybridized carbons (Fsp3) is 0.296. The number of halogens is 1. The lowest BCUT2D eigenvalue weighted by molar-refractivity contribution is -0.132. The smallest absolute Gasteiger partial charge is 0.339 e. The molecule has 0 aromatic heterocycles. The minimum absolute atomic E-state index is 0.00460. The molecule has 4 nitrogen and oxygen atoms in total. The lowest BCUT2D eigenvalue weighted by Gasteiger charge is -2.11. The molecule has 1 N–H and O–H groups in total. The van der Waals surface area contributed by atoms with E-state index in [9.17, 15) is 4.79 Å². The average molecular weight is 461 g/mol. The van der Waals surface area contributed by atoms with Crippen molar-refractivity contribution in [2.75, 3.05) is 19.8 Å². The van der Waals surface area contributed by atoms with Crippen molar-refractivity contribution in [1.82, 2.24) is 0 Å². The van der Waals surface area contributed by atoms with Crippen LogP contribution < -0.4 is 0 Å². The maximum atomic E-state index is 11.1. The van der Waals surface area contributed by atoms with E-state index in [1.54, 1.807) is 6.08 Å². The summed E-state index contributed by atoms with van der Waals surface area (Å²) in [5.74, 6) is 1.35. The number of terminal acetylenes is 1. The molecule has 0 aliphatic rings. The van der Waals surface area contributed by atoms with E-state index in [2.05, 4.69) is 38.8 Å². The third-order valence-corrected chi connectivity index (χ3v) is 3.50. The summed E-state index contributed by atoms with van der Waals surface area (Å²) in [4.78, 5) is 11.1. The summed E-state index contributed by atoms with van der Waals surface area (Å²) in [6.45, 7) is 27.1. The average Bonchev–Trinajstić information content (AvgIpc) is 2.74. The number of allylic oxidation sites excluding steroid dienone is 7. The zero-order chi connectivity index (χ0) is 25.5. The second-order valence-electron chi connectivity index (χ2n) is 6.35. The maximum absolute atomic E-state index is 11.1. The summed E-state index contributed by atoms with van der Waals surface area (Å²) in [6, 6.07) is 0. The second-order valence-corrected chi connectivity index (χ2v) is 6.83. The standard InChI is InChI=1S/C17H20O3.C6H12O.C4H5Cl/c1-6-8-10-13(3)14(4)12-20-15(5)16(17(18)19)11-9-7-2;1-4-7-5-6(2)3;1-3-4(2)5/h2,6,8,10-11H,1,5,9,12H2,3-4H3,(H,18,19);2,4-5H2,1,3H3;3H,1-2H2/b10-8-,14-13+,16-11+;;. The van der Waals surface area contributed by atoms with E-state index >= 15 is 0 Å². The van der Waals surface area contributed by atoms with Crippen LogP contribution in [0.15, 0.2) is 96.4 Å². The van der Waals surface area contributed by atoms with Gasteiger partial charge in [-0.3, -0.25) is 0 Å². The van der Waals surface area contributed by atoms with Gasteiger partial charge in [-0.2, -0.15) is 0 Å². The summed E-state index contributed by atoms with van der Waals surface area (Å²) in [6.07, 6.45) is 13.6. The van der Waals surface area contributed by atoms with Crippen LogP contribution >= 0.6 is 11.6 Å². The lowest BCUT2D eigenvalue weighted by Crippen LogP contribution is -2.07. The monoisotopic (exact) mass is 460 g/mol. The molecule has 0 aliphatic carbocycles. The van der Waals surface area contributed by atoms with Crippen LogP contribution in [-0.4, -0.2) is 30.9 Å². The maximum Gasteiger partial charge on any atom is 0.339 e. The molecule has 0 amide bonds. The molecule has 0 heterocycles. The molecule has 176 valence electrons. The number of hydrogen-bond acceptors (Lipinski definition) is 3. The van der Waals surface area contributed by atoms with Crippen molar-refractivity contribution in [1.29, 1.82) is 0 Å². The van der Waals surface area contributed by atoms with Crippen molar-refractivity contribution >= 4 is 17.6 Å². The molecular weight excluding hydrogens is 424 g/mol. The van der Waals surface area contributed by atoms with Crippen molar-refractivity contribution < 1.29 is 19.4 Å². The highest BCUT2D eigenvalue weighted by Crippen LogP contribution is 2.14. The van der Waals surface area contributed by atoms with Crippen LogP contribution in [0.5, 0.6) is 0 Å². The summed E-state index contributed by atoms with van der Waals surface area (Å²) in [5.41, 5.74) is 3.09. The fourth-order valence-corrected chi connectivity index (χ4v) is 1.50. The van der Waals surface area contributed by atoms with Crippen LogP contribution in [0.3, 0.4) is 0 Å². The quantitative estimate of drug-likeness (QED) is 0.110.